The van der Waals surface area contributed by atoms with Gasteiger partial charge in [0.15, 0.2) is 5.17 Å². The van der Waals surface area contributed by atoms with E-state index >= 15 is 0 Å². The molecule has 0 N–H and O–H groups in total. The number of aliphatic imine (C=N–C) groups is 1. The number of rotatable bonds is 4. The number of hydrogen-bond acceptors (Lipinski definition) is 5. The van der Waals surface area contributed by atoms with Gasteiger partial charge in [-0.15, -0.1) is 0 Å². The van der Waals surface area contributed by atoms with E-state index < -0.39 is 4.92 Å². The average molecular weight is 373 g/mol. The molecule has 6 nitrogen and oxygen atoms in total. The maximum Gasteiger partial charge on any atom is 0.273 e. The van der Waals surface area contributed by atoms with Crippen LogP contribution in [-0.2, 0) is 5.75 Å². The van der Waals surface area contributed by atoms with Crippen molar-refractivity contribution < 1.29 is 14.1 Å². The Morgan fingerprint density at radius 1 is 1.31 bits per heavy atom. The van der Waals surface area contributed by atoms with Crippen molar-refractivity contribution in [2.24, 2.45) is 4.99 Å². The maximum absolute atomic E-state index is 13.8. The zero-order chi connectivity index (χ0) is 18.7. The molecule has 0 radical (unpaired) electrons. The number of amidine groups is 1. The SMILES string of the molecule is Cc1c(C(=O)N2CCN=C2SCc2ccccc2F)cccc1[N+](=O)[O-]. The van der Waals surface area contributed by atoms with Gasteiger partial charge >= 0.3 is 0 Å². The summed E-state index contributed by atoms with van der Waals surface area (Å²) >= 11 is 1.28. The van der Waals surface area contributed by atoms with E-state index in [0.29, 0.717) is 35.1 Å². The Bertz CT molecular complexity index is 901. The summed E-state index contributed by atoms with van der Waals surface area (Å²) in [5.41, 5.74) is 1.05. The number of carbonyl (C=O) groups is 1. The van der Waals surface area contributed by atoms with E-state index in [4.69, 9.17) is 0 Å². The van der Waals surface area contributed by atoms with Gasteiger partial charge in [0.2, 0.25) is 0 Å². The first-order valence-corrected chi connectivity index (χ1v) is 8.94. The molecule has 26 heavy (non-hydrogen) atoms. The highest BCUT2D eigenvalue weighted by atomic mass is 32.2. The normalized spacial score (nSPS) is 13.6. The monoisotopic (exact) mass is 373 g/mol. The number of nitro benzene ring substituents is 1. The van der Waals surface area contributed by atoms with Gasteiger partial charge in [0.1, 0.15) is 5.82 Å². The summed E-state index contributed by atoms with van der Waals surface area (Å²) in [7, 11) is 0. The molecule has 3 rings (SSSR count). The van der Waals surface area contributed by atoms with Crippen molar-refractivity contribution in [3.05, 3.63) is 75.1 Å². The number of nitro groups is 1. The summed E-state index contributed by atoms with van der Waals surface area (Å²) < 4.78 is 13.8. The van der Waals surface area contributed by atoms with Gasteiger partial charge in [-0.25, -0.2) is 4.39 Å². The second-order valence-electron chi connectivity index (χ2n) is 5.71. The van der Waals surface area contributed by atoms with Crippen molar-refractivity contribution in [1.82, 2.24) is 4.90 Å². The van der Waals surface area contributed by atoms with Gasteiger partial charge in [0.25, 0.3) is 11.6 Å². The number of amides is 1. The van der Waals surface area contributed by atoms with Crippen LogP contribution in [0.15, 0.2) is 47.5 Å². The molecule has 0 bridgehead atoms. The van der Waals surface area contributed by atoms with Crippen LogP contribution in [0, 0.1) is 22.9 Å². The lowest BCUT2D eigenvalue weighted by atomic mass is 10.1. The molecule has 0 spiro atoms. The fraction of sp³-hybridized carbons (Fsp3) is 0.222. The fourth-order valence-electron chi connectivity index (χ4n) is 2.69. The van der Waals surface area contributed by atoms with Crippen LogP contribution in [0.2, 0.25) is 0 Å². The number of halogens is 1. The van der Waals surface area contributed by atoms with Gasteiger partial charge in [0, 0.05) is 29.5 Å². The first-order chi connectivity index (χ1) is 12.5. The predicted octanol–water partition coefficient (Wildman–Crippen LogP) is 3.79. The topological polar surface area (TPSA) is 75.8 Å². The Labute approximate surface area is 153 Å². The minimum absolute atomic E-state index is 0.0902. The minimum atomic E-state index is -0.502. The number of carbonyl (C=O) groups excluding carboxylic acids is 1. The summed E-state index contributed by atoms with van der Waals surface area (Å²) in [6.45, 7) is 2.42. The van der Waals surface area contributed by atoms with Crippen LogP contribution in [-0.4, -0.2) is 34.0 Å². The maximum atomic E-state index is 13.8. The molecular formula is C18H16FN3O3S. The lowest BCUT2D eigenvalue weighted by molar-refractivity contribution is -0.385. The van der Waals surface area contributed by atoms with Crippen molar-refractivity contribution in [2.75, 3.05) is 13.1 Å². The highest BCUT2D eigenvalue weighted by molar-refractivity contribution is 8.13. The van der Waals surface area contributed by atoms with Gasteiger partial charge < -0.3 is 0 Å². The molecule has 0 fully saturated rings. The molecule has 0 saturated carbocycles. The molecule has 0 saturated heterocycles. The number of nitrogens with zero attached hydrogens (tertiary/aromatic N) is 3. The molecule has 2 aromatic carbocycles. The lowest BCUT2D eigenvalue weighted by Crippen LogP contribution is -2.33. The van der Waals surface area contributed by atoms with Crippen LogP contribution in [0.1, 0.15) is 21.5 Å². The van der Waals surface area contributed by atoms with E-state index in [2.05, 4.69) is 4.99 Å². The van der Waals surface area contributed by atoms with Crippen LogP contribution in [0.3, 0.4) is 0 Å². The van der Waals surface area contributed by atoms with Crippen molar-refractivity contribution in [3.8, 4) is 0 Å². The number of benzene rings is 2. The Balaban J connectivity index is 1.78. The van der Waals surface area contributed by atoms with Gasteiger partial charge in [-0.05, 0) is 24.6 Å². The van der Waals surface area contributed by atoms with E-state index in [-0.39, 0.29) is 23.0 Å². The smallest absolute Gasteiger partial charge is 0.273 e. The van der Waals surface area contributed by atoms with Crippen molar-refractivity contribution in [3.63, 3.8) is 0 Å². The Morgan fingerprint density at radius 2 is 2.08 bits per heavy atom. The van der Waals surface area contributed by atoms with E-state index in [1.165, 1.54) is 34.9 Å². The molecular weight excluding hydrogens is 357 g/mol. The highest BCUT2D eigenvalue weighted by Crippen LogP contribution is 2.26. The van der Waals surface area contributed by atoms with E-state index in [1.54, 1.807) is 31.2 Å². The zero-order valence-corrected chi connectivity index (χ0v) is 14.8. The van der Waals surface area contributed by atoms with Crippen LogP contribution in [0.5, 0.6) is 0 Å². The molecule has 0 atom stereocenters. The van der Waals surface area contributed by atoms with E-state index in [1.807, 2.05) is 0 Å². The number of thioether (sulfide) groups is 1. The van der Waals surface area contributed by atoms with Crippen LogP contribution in [0.25, 0.3) is 0 Å². The van der Waals surface area contributed by atoms with Crippen LogP contribution < -0.4 is 0 Å². The second-order valence-corrected chi connectivity index (χ2v) is 6.65. The third kappa shape index (κ3) is 3.60. The molecule has 1 heterocycles. The summed E-state index contributed by atoms with van der Waals surface area (Å²) in [5, 5.41) is 11.6. The summed E-state index contributed by atoms with van der Waals surface area (Å²) in [5.74, 6) is -0.280. The second kappa shape index (κ2) is 7.65. The number of hydrogen-bond donors (Lipinski definition) is 0. The molecule has 1 aliphatic rings. The molecule has 0 aliphatic carbocycles. The van der Waals surface area contributed by atoms with Crippen LogP contribution >= 0.6 is 11.8 Å². The van der Waals surface area contributed by atoms with Crippen LogP contribution in [0.4, 0.5) is 10.1 Å². The average Bonchev–Trinajstić information content (AvgIpc) is 3.09. The molecule has 1 aliphatic heterocycles. The predicted molar refractivity (Wildman–Crippen MR) is 98.9 cm³/mol. The van der Waals surface area contributed by atoms with Crippen molar-refractivity contribution in [2.45, 2.75) is 12.7 Å². The van der Waals surface area contributed by atoms with E-state index in [0.717, 1.165) is 0 Å². The molecule has 8 heteroatoms. The molecule has 0 aromatic heterocycles. The Hall–Kier alpha value is -2.74. The van der Waals surface area contributed by atoms with Crippen molar-refractivity contribution >= 4 is 28.5 Å². The van der Waals surface area contributed by atoms with Gasteiger partial charge in [0.05, 0.1) is 11.5 Å². The highest BCUT2D eigenvalue weighted by Gasteiger charge is 2.28. The standard InChI is InChI=1S/C18H16FN3O3S/c1-12-14(6-4-8-16(12)22(24)25)17(23)21-10-9-20-18(21)26-11-13-5-2-3-7-15(13)19/h2-8H,9-11H2,1H3. The minimum Gasteiger partial charge on any atom is -0.286 e. The van der Waals surface area contributed by atoms with Gasteiger partial charge in [-0.2, -0.15) is 0 Å². The van der Waals surface area contributed by atoms with Gasteiger partial charge in [-0.3, -0.25) is 24.8 Å². The largest absolute Gasteiger partial charge is 0.286 e. The molecule has 134 valence electrons. The summed E-state index contributed by atoms with van der Waals surface area (Å²) in [6, 6.07) is 10.9. The first kappa shape index (κ1) is 18.1. The summed E-state index contributed by atoms with van der Waals surface area (Å²) in [6.07, 6.45) is 0. The quantitative estimate of drug-likeness (QED) is 0.604. The van der Waals surface area contributed by atoms with Gasteiger partial charge in [-0.1, -0.05) is 36.0 Å². The third-order valence-corrected chi connectivity index (χ3v) is 5.16. The fourth-order valence-corrected chi connectivity index (χ4v) is 3.73. The molecule has 0 unspecified atom stereocenters. The zero-order valence-electron chi connectivity index (χ0n) is 14.0. The van der Waals surface area contributed by atoms with E-state index in [9.17, 15) is 19.3 Å². The van der Waals surface area contributed by atoms with Crippen molar-refractivity contribution in [1.29, 1.82) is 0 Å². The Kier molecular flexibility index (Phi) is 5.32. The molecule has 2 aromatic rings. The first-order valence-electron chi connectivity index (χ1n) is 7.95. The Morgan fingerprint density at radius 3 is 2.81 bits per heavy atom. The molecule has 1 amide bonds. The lowest BCUT2D eigenvalue weighted by Gasteiger charge is -2.19. The summed E-state index contributed by atoms with van der Waals surface area (Å²) in [4.78, 5) is 29.3. The third-order valence-electron chi connectivity index (χ3n) is 4.09.